The first kappa shape index (κ1) is 17.6. The number of hydrogen-bond acceptors (Lipinski definition) is 3. The predicted molar refractivity (Wildman–Crippen MR) is 97.1 cm³/mol. The zero-order valence-corrected chi connectivity index (χ0v) is 14.9. The van der Waals surface area contributed by atoms with Crippen molar-refractivity contribution in [2.24, 2.45) is 0 Å². The molecule has 1 fully saturated rings. The van der Waals surface area contributed by atoms with Crippen molar-refractivity contribution in [3.63, 3.8) is 0 Å². The van der Waals surface area contributed by atoms with Gasteiger partial charge in [0, 0.05) is 19.2 Å². The molecule has 3 rings (SSSR count). The van der Waals surface area contributed by atoms with Crippen LogP contribution in [0.3, 0.4) is 0 Å². The first-order chi connectivity index (χ1) is 12.1. The van der Waals surface area contributed by atoms with Crippen molar-refractivity contribution < 1.29 is 18.1 Å². The van der Waals surface area contributed by atoms with E-state index in [1.165, 1.54) is 4.31 Å². The van der Waals surface area contributed by atoms with Crippen molar-refractivity contribution in [2.45, 2.75) is 4.90 Å². The minimum Gasteiger partial charge on any atom is -0.379 e. The number of benzene rings is 2. The quantitative estimate of drug-likeness (QED) is 0.607. The molecule has 25 heavy (non-hydrogen) atoms. The van der Waals surface area contributed by atoms with Crippen molar-refractivity contribution in [1.29, 1.82) is 0 Å². The molecule has 0 unspecified atom stereocenters. The van der Waals surface area contributed by atoms with Crippen molar-refractivity contribution in [2.75, 3.05) is 38.7 Å². The first-order valence-electron chi connectivity index (χ1n) is 8.16. The molecular weight excluding hydrogens is 338 g/mol. The number of rotatable bonds is 4. The average Bonchev–Trinajstić information content (AvgIpc) is 2.67. The molecule has 6 nitrogen and oxygen atoms in total. The lowest BCUT2D eigenvalue weighted by atomic mass is 10.2. The van der Waals surface area contributed by atoms with Gasteiger partial charge in [0.15, 0.2) is 0 Å². The summed E-state index contributed by atoms with van der Waals surface area (Å²) in [6.07, 6.45) is 0. The van der Waals surface area contributed by atoms with Crippen LogP contribution in [0.2, 0.25) is 0 Å². The molecular formula is C18H22N3O3S+. The van der Waals surface area contributed by atoms with E-state index in [0.29, 0.717) is 32.0 Å². The summed E-state index contributed by atoms with van der Waals surface area (Å²) in [7, 11) is -1.68. The van der Waals surface area contributed by atoms with E-state index < -0.39 is 10.0 Å². The Balaban J connectivity index is 1.84. The van der Waals surface area contributed by atoms with Crippen LogP contribution in [-0.2, 0) is 14.8 Å². The maximum atomic E-state index is 12.8. The van der Waals surface area contributed by atoms with Crippen LogP contribution < -0.4 is 10.3 Å². The Kier molecular flexibility index (Phi) is 5.47. The number of morpholine rings is 1. The zero-order chi connectivity index (χ0) is 17.7. The van der Waals surface area contributed by atoms with E-state index in [1.54, 1.807) is 18.2 Å². The van der Waals surface area contributed by atoms with E-state index in [-0.39, 0.29) is 4.90 Å². The summed E-state index contributed by atoms with van der Waals surface area (Å²) in [4.78, 5) is 3.40. The number of nitrogens with one attached hydrogen (secondary N) is 2. The fourth-order valence-electron chi connectivity index (χ4n) is 2.70. The van der Waals surface area contributed by atoms with Crippen molar-refractivity contribution >= 4 is 21.5 Å². The fourth-order valence-corrected chi connectivity index (χ4v) is 4.15. The van der Waals surface area contributed by atoms with Gasteiger partial charge in [-0.3, -0.25) is 4.99 Å². The number of amidine groups is 1. The summed E-state index contributed by atoms with van der Waals surface area (Å²) >= 11 is 0. The highest BCUT2D eigenvalue weighted by Crippen LogP contribution is 2.20. The van der Waals surface area contributed by atoms with Gasteiger partial charge in [0.2, 0.25) is 10.0 Å². The third-order valence-corrected chi connectivity index (χ3v) is 5.92. The summed E-state index contributed by atoms with van der Waals surface area (Å²) in [5.41, 5.74) is 1.70. The van der Waals surface area contributed by atoms with Gasteiger partial charge in [-0.1, -0.05) is 24.3 Å². The molecule has 132 valence electrons. The van der Waals surface area contributed by atoms with Crippen molar-refractivity contribution in [3.05, 3.63) is 60.2 Å². The Morgan fingerprint density at radius 1 is 1.08 bits per heavy atom. The van der Waals surface area contributed by atoms with Crippen LogP contribution in [0.25, 0.3) is 0 Å². The van der Waals surface area contributed by atoms with Crippen molar-refractivity contribution in [1.82, 2.24) is 4.31 Å². The summed E-state index contributed by atoms with van der Waals surface area (Å²) in [6.45, 7) is 1.64. The first-order valence-corrected chi connectivity index (χ1v) is 9.60. The minimum absolute atomic E-state index is 0.280. The minimum atomic E-state index is -3.51. The molecule has 1 saturated heterocycles. The SMILES string of the molecule is C[NH+]=C(Nc1cccc(S(=O)(=O)N2CCOCC2)c1)c1ccccc1. The Labute approximate surface area is 148 Å². The predicted octanol–water partition coefficient (Wildman–Crippen LogP) is 0.277. The molecule has 0 atom stereocenters. The molecule has 1 aliphatic heterocycles. The summed E-state index contributed by atoms with van der Waals surface area (Å²) < 4.78 is 32.3. The second-order valence-corrected chi connectivity index (χ2v) is 7.60. The van der Waals surface area contributed by atoms with E-state index in [9.17, 15) is 8.42 Å². The van der Waals surface area contributed by atoms with Crippen LogP contribution in [0, 0.1) is 0 Å². The lowest BCUT2D eigenvalue weighted by Gasteiger charge is -2.26. The number of nitrogens with zero attached hydrogens (tertiary/aromatic N) is 1. The summed E-state index contributed by atoms with van der Waals surface area (Å²) in [5.74, 6) is 0.807. The summed E-state index contributed by atoms with van der Waals surface area (Å²) in [5, 5.41) is 3.26. The third kappa shape index (κ3) is 4.07. The Hall–Kier alpha value is -2.22. The topological polar surface area (TPSA) is 72.6 Å². The molecule has 0 bridgehead atoms. The second kappa shape index (κ2) is 7.77. The Bertz CT molecular complexity index is 845. The van der Waals surface area contributed by atoms with Crippen LogP contribution in [0.5, 0.6) is 0 Å². The highest BCUT2D eigenvalue weighted by molar-refractivity contribution is 7.89. The largest absolute Gasteiger partial charge is 0.379 e. The van der Waals surface area contributed by atoms with Gasteiger partial charge < -0.3 is 4.74 Å². The molecule has 0 saturated carbocycles. The zero-order valence-electron chi connectivity index (χ0n) is 14.1. The van der Waals surface area contributed by atoms with Gasteiger partial charge in [0.05, 0.1) is 30.7 Å². The van der Waals surface area contributed by atoms with Crippen LogP contribution in [0.4, 0.5) is 5.69 Å². The normalized spacial score (nSPS) is 16.6. The third-order valence-electron chi connectivity index (χ3n) is 4.02. The van der Waals surface area contributed by atoms with Crippen LogP contribution in [0.1, 0.15) is 5.56 Å². The molecule has 0 radical (unpaired) electrons. The number of sulfonamides is 1. The van der Waals surface area contributed by atoms with Crippen LogP contribution >= 0.6 is 0 Å². The lowest BCUT2D eigenvalue weighted by Crippen LogP contribution is -2.70. The molecule has 2 N–H and O–H groups in total. The van der Waals surface area contributed by atoms with E-state index in [0.717, 1.165) is 11.4 Å². The monoisotopic (exact) mass is 360 g/mol. The van der Waals surface area contributed by atoms with Crippen molar-refractivity contribution in [3.8, 4) is 0 Å². The molecule has 1 heterocycles. The molecule has 0 aliphatic carbocycles. The van der Waals surface area contributed by atoms with Gasteiger partial charge in [0.25, 0.3) is 5.84 Å². The Morgan fingerprint density at radius 3 is 2.48 bits per heavy atom. The van der Waals surface area contributed by atoms with Gasteiger partial charge >= 0.3 is 0 Å². The second-order valence-electron chi connectivity index (χ2n) is 5.66. The van der Waals surface area contributed by atoms with Gasteiger partial charge in [-0.25, -0.2) is 13.7 Å². The van der Waals surface area contributed by atoms with E-state index in [1.807, 2.05) is 43.4 Å². The average molecular weight is 360 g/mol. The molecule has 0 amide bonds. The standard InChI is InChI=1S/C18H21N3O3S/c1-19-18(15-6-3-2-4-7-15)20-16-8-5-9-17(14-16)25(22,23)21-10-12-24-13-11-21/h2-9,14H,10-13H2,1H3,(H,19,20)/p+1. The van der Waals surface area contributed by atoms with E-state index in [2.05, 4.69) is 10.3 Å². The highest BCUT2D eigenvalue weighted by Gasteiger charge is 2.26. The maximum absolute atomic E-state index is 12.8. The van der Waals surface area contributed by atoms with Crippen LogP contribution in [-0.4, -0.2) is 51.9 Å². The maximum Gasteiger partial charge on any atom is 0.279 e. The van der Waals surface area contributed by atoms with Gasteiger partial charge in [-0.05, 0) is 24.3 Å². The molecule has 1 aliphatic rings. The van der Waals surface area contributed by atoms with E-state index in [4.69, 9.17) is 4.74 Å². The van der Waals surface area contributed by atoms with Gasteiger partial charge in [-0.15, -0.1) is 0 Å². The van der Waals surface area contributed by atoms with Gasteiger partial charge in [-0.2, -0.15) is 4.31 Å². The van der Waals surface area contributed by atoms with E-state index >= 15 is 0 Å². The number of ether oxygens (including phenoxy) is 1. The number of anilines is 1. The van der Waals surface area contributed by atoms with Crippen LogP contribution in [0.15, 0.2) is 59.5 Å². The Morgan fingerprint density at radius 2 is 1.80 bits per heavy atom. The molecule has 0 aromatic heterocycles. The summed E-state index contributed by atoms with van der Waals surface area (Å²) in [6, 6.07) is 16.7. The highest BCUT2D eigenvalue weighted by atomic mass is 32.2. The fraction of sp³-hybridized carbons (Fsp3) is 0.278. The molecule has 2 aromatic rings. The smallest absolute Gasteiger partial charge is 0.279 e. The molecule has 2 aromatic carbocycles. The molecule has 0 spiro atoms. The lowest BCUT2D eigenvalue weighted by molar-refractivity contribution is -0.419. The van der Waals surface area contributed by atoms with Gasteiger partial charge in [0.1, 0.15) is 5.69 Å². The molecule has 7 heteroatoms. The number of hydrogen-bond donors (Lipinski definition) is 2.